The smallest absolute Gasteiger partial charge is 0.259 e. The molecule has 1 unspecified atom stereocenters. The van der Waals surface area contributed by atoms with E-state index in [1.54, 1.807) is 46.3 Å². The second-order valence-electron chi connectivity index (χ2n) is 6.27. The molecule has 0 spiro atoms. The van der Waals surface area contributed by atoms with Gasteiger partial charge in [-0.2, -0.15) is 4.68 Å². The Bertz CT molecular complexity index is 1080. The molecule has 6 nitrogen and oxygen atoms in total. The lowest BCUT2D eigenvalue weighted by Gasteiger charge is -2.28. The first kappa shape index (κ1) is 17.7. The zero-order valence-electron chi connectivity index (χ0n) is 14.6. The highest BCUT2D eigenvalue weighted by Gasteiger charge is 2.31. The van der Waals surface area contributed by atoms with E-state index in [1.165, 1.54) is 0 Å². The fraction of sp³-hybridized carbons (Fsp3) is 0.158. The van der Waals surface area contributed by atoms with E-state index in [1.807, 2.05) is 26.0 Å². The monoisotopic (exact) mass is 399 g/mol. The van der Waals surface area contributed by atoms with Gasteiger partial charge in [0.1, 0.15) is 5.69 Å². The third kappa shape index (κ3) is 3.01. The van der Waals surface area contributed by atoms with E-state index in [4.69, 9.17) is 23.2 Å². The maximum atomic E-state index is 13.0. The summed E-state index contributed by atoms with van der Waals surface area (Å²) in [7, 11) is 0. The SMILES string of the molecule is Cc1ccnc(-n2nnc3c2C=CN(C(=O)c2cccc(Cl)c2Cl)C3C)c1. The molecule has 27 heavy (non-hydrogen) atoms. The third-order valence-electron chi connectivity index (χ3n) is 4.47. The van der Waals surface area contributed by atoms with E-state index in [2.05, 4.69) is 15.3 Å². The molecule has 0 aliphatic carbocycles. The van der Waals surface area contributed by atoms with Crippen molar-refractivity contribution in [1.82, 2.24) is 24.9 Å². The van der Waals surface area contributed by atoms with E-state index in [9.17, 15) is 4.79 Å². The summed E-state index contributed by atoms with van der Waals surface area (Å²) >= 11 is 12.3. The minimum atomic E-state index is -0.314. The zero-order valence-corrected chi connectivity index (χ0v) is 16.1. The number of carbonyl (C=O) groups excluding carboxylic acids is 1. The van der Waals surface area contributed by atoms with Gasteiger partial charge < -0.3 is 4.90 Å². The topological polar surface area (TPSA) is 63.9 Å². The molecule has 1 aliphatic heterocycles. The number of halogens is 2. The van der Waals surface area contributed by atoms with Crippen molar-refractivity contribution in [1.29, 1.82) is 0 Å². The van der Waals surface area contributed by atoms with Crippen molar-refractivity contribution in [2.75, 3.05) is 0 Å². The van der Waals surface area contributed by atoms with Crippen molar-refractivity contribution < 1.29 is 4.79 Å². The first-order chi connectivity index (χ1) is 13.0. The molecule has 0 radical (unpaired) electrons. The molecule has 2 aromatic heterocycles. The molecule has 1 aliphatic rings. The maximum absolute atomic E-state index is 13.0. The summed E-state index contributed by atoms with van der Waals surface area (Å²) in [5.74, 6) is 0.429. The van der Waals surface area contributed by atoms with Gasteiger partial charge >= 0.3 is 0 Å². The van der Waals surface area contributed by atoms with Crippen LogP contribution < -0.4 is 0 Å². The molecule has 3 aromatic rings. The van der Waals surface area contributed by atoms with Crippen LogP contribution in [0.2, 0.25) is 10.0 Å². The zero-order chi connectivity index (χ0) is 19.1. The lowest BCUT2D eigenvalue weighted by Crippen LogP contribution is -2.31. The number of carbonyl (C=O) groups is 1. The number of hydrogen-bond donors (Lipinski definition) is 0. The molecule has 4 rings (SSSR count). The first-order valence-electron chi connectivity index (χ1n) is 8.31. The second kappa shape index (κ2) is 6.79. The highest BCUT2D eigenvalue weighted by molar-refractivity contribution is 6.43. The Labute approximate surface area is 166 Å². The van der Waals surface area contributed by atoms with E-state index < -0.39 is 0 Å². The van der Waals surface area contributed by atoms with Gasteiger partial charge in [0, 0.05) is 12.4 Å². The molecule has 136 valence electrons. The van der Waals surface area contributed by atoms with Crippen molar-refractivity contribution in [3.8, 4) is 5.82 Å². The molecule has 0 N–H and O–H groups in total. The van der Waals surface area contributed by atoms with Crippen LogP contribution in [0.5, 0.6) is 0 Å². The number of amides is 1. The fourth-order valence-electron chi connectivity index (χ4n) is 3.02. The number of benzene rings is 1. The van der Waals surface area contributed by atoms with E-state index in [-0.39, 0.29) is 17.0 Å². The van der Waals surface area contributed by atoms with Crippen molar-refractivity contribution in [2.45, 2.75) is 19.9 Å². The number of pyridine rings is 1. The van der Waals surface area contributed by atoms with Crippen LogP contribution in [-0.4, -0.2) is 30.8 Å². The first-order valence-corrected chi connectivity index (χ1v) is 9.06. The summed E-state index contributed by atoms with van der Waals surface area (Å²) < 4.78 is 1.67. The van der Waals surface area contributed by atoms with Gasteiger partial charge in [-0.15, -0.1) is 5.10 Å². The van der Waals surface area contributed by atoms with Crippen LogP contribution in [-0.2, 0) is 0 Å². The van der Waals surface area contributed by atoms with Crippen LogP contribution in [0.3, 0.4) is 0 Å². The van der Waals surface area contributed by atoms with Crippen LogP contribution in [0.25, 0.3) is 11.9 Å². The Kier molecular flexibility index (Phi) is 4.45. The lowest BCUT2D eigenvalue weighted by molar-refractivity contribution is 0.0774. The number of aryl methyl sites for hydroxylation is 1. The highest BCUT2D eigenvalue weighted by Crippen LogP contribution is 2.33. The largest absolute Gasteiger partial charge is 0.306 e. The van der Waals surface area contributed by atoms with Crippen molar-refractivity contribution in [3.05, 3.63) is 75.3 Å². The van der Waals surface area contributed by atoms with Gasteiger partial charge in [0.2, 0.25) is 0 Å². The predicted octanol–water partition coefficient (Wildman–Crippen LogP) is 4.47. The molecular weight excluding hydrogens is 385 g/mol. The normalized spacial score (nSPS) is 15.7. The minimum Gasteiger partial charge on any atom is -0.306 e. The molecule has 0 fully saturated rings. The Balaban J connectivity index is 1.71. The summed E-state index contributed by atoms with van der Waals surface area (Å²) in [6.07, 6.45) is 5.24. The molecule has 0 saturated carbocycles. The Morgan fingerprint density at radius 1 is 1.22 bits per heavy atom. The van der Waals surface area contributed by atoms with Gasteiger partial charge in [0.15, 0.2) is 5.82 Å². The quantitative estimate of drug-likeness (QED) is 0.637. The standard InChI is InChI=1S/C19H15Cl2N5O/c1-11-6-8-22-16(10-11)26-15-7-9-25(12(2)18(15)23-24-26)19(27)13-4-3-5-14(20)17(13)21/h3-10,12H,1-2H3. The maximum Gasteiger partial charge on any atom is 0.259 e. The highest BCUT2D eigenvalue weighted by atomic mass is 35.5. The molecular formula is C19H15Cl2N5O. The summed E-state index contributed by atoms with van der Waals surface area (Å²) in [5.41, 5.74) is 2.90. The summed E-state index contributed by atoms with van der Waals surface area (Å²) in [5, 5.41) is 9.08. The van der Waals surface area contributed by atoms with Gasteiger partial charge in [-0.3, -0.25) is 4.79 Å². The average Bonchev–Trinajstić information content (AvgIpc) is 3.09. The van der Waals surface area contributed by atoms with Gasteiger partial charge in [-0.25, -0.2) is 4.98 Å². The number of hydrogen-bond acceptors (Lipinski definition) is 4. The van der Waals surface area contributed by atoms with Gasteiger partial charge in [0.25, 0.3) is 5.91 Å². The lowest BCUT2D eigenvalue weighted by atomic mass is 10.1. The van der Waals surface area contributed by atoms with E-state index in [0.29, 0.717) is 22.1 Å². The Morgan fingerprint density at radius 3 is 2.81 bits per heavy atom. The molecule has 8 heteroatoms. The minimum absolute atomic E-state index is 0.239. The number of fused-ring (bicyclic) bond motifs is 1. The number of nitrogens with zero attached hydrogens (tertiary/aromatic N) is 5. The predicted molar refractivity (Wildman–Crippen MR) is 104 cm³/mol. The van der Waals surface area contributed by atoms with Gasteiger partial charge in [-0.1, -0.05) is 34.5 Å². The van der Waals surface area contributed by atoms with E-state index >= 15 is 0 Å². The molecule has 1 aromatic carbocycles. The molecule has 1 atom stereocenters. The summed E-state index contributed by atoms with van der Waals surface area (Å²) in [6, 6.07) is 8.53. The fourth-order valence-corrected chi connectivity index (χ4v) is 3.40. The Hall–Kier alpha value is -2.70. The van der Waals surface area contributed by atoms with Crippen LogP contribution >= 0.6 is 23.2 Å². The van der Waals surface area contributed by atoms with Crippen LogP contribution in [0, 0.1) is 6.92 Å². The van der Waals surface area contributed by atoms with Crippen molar-refractivity contribution in [2.24, 2.45) is 0 Å². The average molecular weight is 400 g/mol. The van der Waals surface area contributed by atoms with Gasteiger partial charge in [0.05, 0.1) is 27.3 Å². The summed E-state index contributed by atoms with van der Waals surface area (Å²) in [4.78, 5) is 18.9. The van der Waals surface area contributed by atoms with Crippen LogP contribution in [0.1, 0.15) is 40.3 Å². The molecule has 3 heterocycles. The second-order valence-corrected chi connectivity index (χ2v) is 7.05. The van der Waals surface area contributed by atoms with Crippen LogP contribution in [0.15, 0.2) is 42.7 Å². The van der Waals surface area contributed by atoms with Gasteiger partial charge in [-0.05, 0) is 49.8 Å². The third-order valence-corrected chi connectivity index (χ3v) is 5.29. The summed E-state index contributed by atoms with van der Waals surface area (Å²) in [6.45, 7) is 3.88. The van der Waals surface area contributed by atoms with Crippen LogP contribution in [0.4, 0.5) is 0 Å². The van der Waals surface area contributed by atoms with Crippen molar-refractivity contribution >= 4 is 35.2 Å². The number of rotatable bonds is 2. The number of aromatic nitrogens is 4. The molecule has 1 amide bonds. The molecule has 0 saturated heterocycles. The molecule has 0 bridgehead atoms. The van der Waals surface area contributed by atoms with Crippen molar-refractivity contribution in [3.63, 3.8) is 0 Å². The van der Waals surface area contributed by atoms with E-state index in [0.717, 1.165) is 11.3 Å². The Morgan fingerprint density at radius 2 is 2.04 bits per heavy atom.